The van der Waals surface area contributed by atoms with Crippen LogP contribution < -0.4 is 5.73 Å². The van der Waals surface area contributed by atoms with E-state index in [1.165, 1.54) is 17.8 Å². The lowest BCUT2D eigenvalue weighted by atomic mass is 10.1. The van der Waals surface area contributed by atoms with Crippen LogP contribution in [0.15, 0.2) is 32.7 Å². The largest absolute Gasteiger partial charge is 0.436 e. The number of aryl methyl sites for hydroxylation is 2. The van der Waals surface area contributed by atoms with Crippen LogP contribution in [0.2, 0.25) is 0 Å². The molecule has 0 fully saturated rings. The van der Waals surface area contributed by atoms with Crippen LogP contribution in [0, 0.1) is 19.7 Å². The quantitative estimate of drug-likeness (QED) is 0.922. The molecule has 96 valence electrons. The Balaban J connectivity index is 2.39. The average molecular weight is 266 g/mol. The minimum absolute atomic E-state index is 0.236. The summed E-state index contributed by atoms with van der Waals surface area (Å²) in [6.45, 7) is 5.52. The van der Waals surface area contributed by atoms with Crippen LogP contribution in [0.25, 0.3) is 0 Å². The van der Waals surface area contributed by atoms with E-state index >= 15 is 0 Å². The van der Waals surface area contributed by atoms with Crippen LogP contribution >= 0.6 is 11.8 Å². The lowest BCUT2D eigenvalue weighted by molar-refractivity contribution is 0.430. The Bertz CT molecular complexity index is 547. The number of benzene rings is 1. The molecule has 2 rings (SSSR count). The zero-order valence-corrected chi connectivity index (χ0v) is 11.3. The van der Waals surface area contributed by atoms with Crippen LogP contribution in [0.1, 0.15) is 30.0 Å². The Kier molecular flexibility index (Phi) is 3.73. The standard InChI is InChI=1S/C13H15FN2OS/c1-7(15)10-5-4-6-11(14)12(10)18-13-16-8(2)9(3)17-13/h4-7H,15H2,1-3H3/t7-/m0/s1. The predicted molar refractivity (Wildman–Crippen MR) is 69.1 cm³/mol. The van der Waals surface area contributed by atoms with E-state index in [4.69, 9.17) is 10.2 Å². The van der Waals surface area contributed by atoms with Gasteiger partial charge in [0.2, 0.25) is 0 Å². The molecule has 0 spiro atoms. The summed E-state index contributed by atoms with van der Waals surface area (Å²) in [7, 11) is 0. The summed E-state index contributed by atoms with van der Waals surface area (Å²) in [5.41, 5.74) is 7.41. The van der Waals surface area contributed by atoms with Gasteiger partial charge in [-0.25, -0.2) is 9.37 Å². The maximum Gasteiger partial charge on any atom is 0.261 e. The molecule has 1 heterocycles. The van der Waals surface area contributed by atoms with E-state index in [2.05, 4.69) is 4.98 Å². The molecule has 1 atom stereocenters. The number of hydrogen-bond acceptors (Lipinski definition) is 4. The van der Waals surface area contributed by atoms with Crippen LogP contribution in [0.4, 0.5) is 4.39 Å². The fourth-order valence-electron chi connectivity index (χ4n) is 1.57. The van der Waals surface area contributed by atoms with Gasteiger partial charge in [-0.15, -0.1) is 0 Å². The fourth-order valence-corrected chi connectivity index (χ4v) is 2.63. The van der Waals surface area contributed by atoms with E-state index in [0.717, 1.165) is 17.0 Å². The molecule has 0 aliphatic heterocycles. The SMILES string of the molecule is Cc1nc(Sc2c(F)cccc2[C@H](C)N)oc1C. The fraction of sp³-hybridized carbons (Fsp3) is 0.308. The molecule has 18 heavy (non-hydrogen) atoms. The molecule has 2 aromatic rings. The van der Waals surface area contributed by atoms with Gasteiger partial charge in [0.25, 0.3) is 5.22 Å². The molecule has 0 saturated carbocycles. The maximum atomic E-state index is 13.9. The summed E-state index contributed by atoms with van der Waals surface area (Å²) in [6.07, 6.45) is 0. The van der Waals surface area contributed by atoms with Crippen molar-refractivity contribution in [3.63, 3.8) is 0 Å². The summed E-state index contributed by atoms with van der Waals surface area (Å²) in [4.78, 5) is 4.72. The molecule has 0 aliphatic carbocycles. The van der Waals surface area contributed by atoms with Crippen LogP contribution in [-0.2, 0) is 0 Å². The molecule has 1 aromatic carbocycles. The third-order valence-electron chi connectivity index (χ3n) is 2.69. The smallest absolute Gasteiger partial charge is 0.261 e. The van der Waals surface area contributed by atoms with Crippen molar-refractivity contribution in [2.75, 3.05) is 0 Å². The first-order valence-electron chi connectivity index (χ1n) is 5.65. The molecule has 0 unspecified atom stereocenters. The normalized spacial score (nSPS) is 12.7. The summed E-state index contributed by atoms with van der Waals surface area (Å²) >= 11 is 1.17. The van der Waals surface area contributed by atoms with E-state index < -0.39 is 0 Å². The summed E-state index contributed by atoms with van der Waals surface area (Å²) in [6, 6.07) is 4.65. The number of nitrogens with two attached hydrogens (primary N) is 1. The Labute approximate surface area is 110 Å². The van der Waals surface area contributed by atoms with E-state index in [-0.39, 0.29) is 11.9 Å². The molecule has 2 N–H and O–H groups in total. The number of aromatic nitrogens is 1. The zero-order chi connectivity index (χ0) is 13.3. The first kappa shape index (κ1) is 13.1. The third kappa shape index (κ3) is 2.57. The highest BCUT2D eigenvalue weighted by molar-refractivity contribution is 7.99. The van der Waals surface area contributed by atoms with E-state index in [1.54, 1.807) is 6.07 Å². The van der Waals surface area contributed by atoms with Crippen molar-refractivity contribution in [2.24, 2.45) is 5.73 Å². The van der Waals surface area contributed by atoms with Crippen LogP contribution in [0.5, 0.6) is 0 Å². The van der Waals surface area contributed by atoms with E-state index in [0.29, 0.717) is 10.1 Å². The molecule has 1 aromatic heterocycles. The van der Waals surface area contributed by atoms with Gasteiger partial charge in [-0.3, -0.25) is 0 Å². The van der Waals surface area contributed by atoms with Gasteiger partial charge >= 0.3 is 0 Å². The molecule has 5 heteroatoms. The van der Waals surface area contributed by atoms with Crippen LogP contribution in [0.3, 0.4) is 0 Å². The van der Waals surface area contributed by atoms with Crippen molar-refractivity contribution in [1.29, 1.82) is 0 Å². The summed E-state index contributed by atoms with van der Waals surface area (Å²) in [5.74, 6) is 0.444. The molecular formula is C13H15FN2OS. The number of halogens is 1. The average Bonchev–Trinajstić information content (AvgIpc) is 2.60. The van der Waals surface area contributed by atoms with Gasteiger partial charge in [-0.2, -0.15) is 0 Å². The molecule has 0 saturated heterocycles. The highest BCUT2D eigenvalue weighted by atomic mass is 32.2. The number of oxazole rings is 1. The van der Waals surface area contributed by atoms with Crippen molar-refractivity contribution in [3.8, 4) is 0 Å². The second kappa shape index (κ2) is 5.12. The lowest BCUT2D eigenvalue weighted by Gasteiger charge is -2.11. The molecule has 3 nitrogen and oxygen atoms in total. The molecular weight excluding hydrogens is 251 g/mol. The number of nitrogens with zero attached hydrogens (tertiary/aromatic N) is 1. The number of rotatable bonds is 3. The molecule has 0 amide bonds. The second-order valence-corrected chi connectivity index (χ2v) is 5.13. The maximum absolute atomic E-state index is 13.9. The summed E-state index contributed by atoms with van der Waals surface area (Å²) in [5, 5.41) is 0.442. The first-order chi connectivity index (χ1) is 8.49. The van der Waals surface area contributed by atoms with E-state index in [1.807, 2.05) is 26.8 Å². The Morgan fingerprint density at radius 2 is 2.11 bits per heavy atom. The number of hydrogen-bond donors (Lipinski definition) is 1. The Morgan fingerprint density at radius 3 is 2.67 bits per heavy atom. The molecule has 0 aliphatic rings. The highest BCUT2D eigenvalue weighted by Crippen LogP contribution is 2.35. The highest BCUT2D eigenvalue weighted by Gasteiger charge is 2.16. The van der Waals surface area contributed by atoms with Crippen molar-refractivity contribution < 1.29 is 8.81 Å². The van der Waals surface area contributed by atoms with Crippen molar-refractivity contribution in [3.05, 3.63) is 41.0 Å². The minimum Gasteiger partial charge on any atom is -0.436 e. The Hall–Kier alpha value is -1.33. The van der Waals surface area contributed by atoms with Gasteiger partial charge in [-0.05, 0) is 44.2 Å². The van der Waals surface area contributed by atoms with E-state index in [9.17, 15) is 4.39 Å². The van der Waals surface area contributed by atoms with Crippen LogP contribution in [-0.4, -0.2) is 4.98 Å². The van der Waals surface area contributed by atoms with Crippen molar-refractivity contribution in [1.82, 2.24) is 4.98 Å². The first-order valence-corrected chi connectivity index (χ1v) is 6.46. The lowest BCUT2D eigenvalue weighted by Crippen LogP contribution is -2.07. The third-order valence-corrected chi connectivity index (χ3v) is 3.67. The molecule has 0 radical (unpaired) electrons. The van der Waals surface area contributed by atoms with Crippen molar-refractivity contribution in [2.45, 2.75) is 36.9 Å². The predicted octanol–water partition coefficient (Wildman–Crippen LogP) is 3.60. The monoisotopic (exact) mass is 266 g/mol. The Morgan fingerprint density at radius 1 is 1.39 bits per heavy atom. The molecule has 0 bridgehead atoms. The van der Waals surface area contributed by atoms with Gasteiger partial charge in [0, 0.05) is 6.04 Å². The van der Waals surface area contributed by atoms with Gasteiger partial charge in [0.05, 0.1) is 10.6 Å². The van der Waals surface area contributed by atoms with Gasteiger partial charge in [0.1, 0.15) is 11.6 Å². The van der Waals surface area contributed by atoms with Gasteiger partial charge in [-0.1, -0.05) is 12.1 Å². The topological polar surface area (TPSA) is 52.0 Å². The van der Waals surface area contributed by atoms with Gasteiger partial charge in [0.15, 0.2) is 0 Å². The zero-order valence-electron chi connectivity index (χ0n) is 10.5. The second-order valence-electron chi connectivity index (χ2n) is 4.17. The van der Waals surface area contributed by atoms with Gasteiger partial charge < -0.3 is 10.2 Å². The summed E-state index contributed by atoms with van der Waals surface area (Å²) < 4.78 is 19.3. The van der Waals surface area contributed by atoms with Crippen molar-refractivity contribution >= 4 is 11.8 Å². The minimum atomic E-state index is -0.302.